The van der Waals surface area contributed by atoms with E-state index in [1.165, 1.54) is 25.9 Å². The van der Waals surface area contributed by atoms with Crippen LogP contribution in [-0.4, -0.2) is 57.8 Å². The summed E-state index contributed by atoms with van der Waals surface area (Å²) in [6, 6.07) is -0.862. The third-order valence-corrected chi connectivity index (χ3v) is 5.63. The highest BCUT2D eigenvalue weighted by molar-refractivity contribution is 5.93. The van der Waals surface area contributed by atoms with E-state index < -0.39 is 59.0 Å². The lowest BCUT2D eigenvalue weighted by Crippen LogP contribution is -2.44. The first-order valence-corrected chi connectivity index (χ1v) is 10.3. The Morgan fingerprint density at radius 3 is 2.35 bits per heavy atom. The maximum absolute atomic E-state index is 13.9. The highest BCUT2D eigenvalue weighted by atomic mass is 19.4. The van der Waals surface area contributed by atoms with Gasteiger partial charge < -0.3 is 20.1 Å². The van der Waals surface area contributed by atoms with E-state index in [2.05, 4.69) is 4.98 Å². The largest absolute Gasteiger partial charge is 0.449 e. The summed E-state index contributed by atoms with van der Waals surface area (Å²) in [4.78, 5) is 31.3. The Kier molecular flexibility index (Phi) is 6.97. The molecule has 2 aromatic rings. The molecule has 2 atom stereocenters. The number of alkyl halides is 3. The molecule has 2 heterocycles. The minimum Gasteiger partial charge on any atom is -0.343 e. The van der Waals surface area contributed by atoms with E-state index >= 15 is 0 Å². The van der Waals surface area contributed by atoms with Crippen LogP contribution in [-0.2, 0) is 23.9 Å². The number of carbonyl (C=O) groups excluding carboxylic acids is 2. The topological polar surface area (TPSA) is 84.5 Å². The Labute approximate surface area is 191 Å². The monoisotopic (exact) mass is 491 g/mol. The molecule has 0 saturated heterocycles. The molecule has 0 radical (unpaired) electrons. The smallest absolute Gasteiger partial charge is 0.343 e. The average molecular weight is 491 g/mol. The predicted octanol–water partition coefficient (Wildman–Crippen LogP) is 2.88. The van der Waals surface area contributed by atoms with Gasteiger partial charge in [-0.05, 0) is 25.0 Å². The zero-order chi connectivity index (χ0) is 25.5. The van der Waals surface area contributed by atoms with Crippen LogP contribution in [0.1, 0.15) is 47.0 Å². The molecule has 2 amide bonds. The van der Waals surface area contributed by atoms with Crippen molar-refractivity contribution < 1.29 is 35.9 Å². The Morgan fingerprint density at radius 1 is 1.15 bits per heavy atom. The molecule has 1 aliphatic rings. The van der Waals surface area contributed by atoms with Crippen LogP contribution in [0.25, 0.3) is 0 Å². The minimum atomic E-state index is -4.80. The summed E-state index contributed by atoms with van der Waals surface area (Å²) in [5.74, 6) is -6.14. The number of imidazole rings is 1. The molecule has 2 N–H and O–H groups in total. The molecule has 0 aliphatic carbocycles. The fraction of sp³-hybridized carbons (Fsp3) is 0.476. The van der Waals surface area contributed by atoms with E-state index in [1.54, 1.807) is 0 Å². The third kappa shape index (κ3) is 4.88. The van der Waals surface area contributed by atoms with Gasteiger partial charge >= 0.3 is 6.18 Å². The summed E-state index contributed by atoms with van der Waals surface area (Å²) in [6.07, 6.45) is -5.40. The van der Waals surface area contributed by atoms with Gasteiger partial charge in [-0.25, -0.2) is 18.2 Å². The summed E-state index contributed by atoms with van der Waals surface area (Å²) >= 11 is 0. The number of nitrogens with zero attached hydrogens (tertiary/aromatic N) is 4. The molecule has 0 bridgehead atoms. The average Bonchev–Trinajstić information content (AvgIpc) is 3.12. The van der Waals surface area contributed by atoms with E-state index in [0.717, 1.165) is 9.47 Å². The van der Waals surface area contributed by atoms with Crippen molar-refractivity contribution in [2.75, 3.05) is 20.6 Å². The van der Waals surface area contributed by atoms with E-state index in [4.69, 9.17) is 5.73 Å². The van der Waals surface area contributed by atoms with Crippen molar-refractivity contribution in [1.29, 1.82) is 0 Å². The Hall–Kier alpha value is -3.09. The Morgan fingerprint density at radius 2 is 1.76 bits per heavy atom. The van der Waals surface area contributed by atoms with Crippen LogP contribution in [0.3, 0.4) is 0 Å². The lowest BCUT2D eigenvalue weighted by atomic mass is 10.0. The fourth-order valence-electron chi connectivity index (χ4n) is 4.01. The van der Waals surface area contributed by atoms with Crippen molar-refractivity contribution in [3.05, 3.63) is 52.4 Å². The highest BCUT2D eigenvalue weighted by Gasteiger charge is 2.44. The highest BCUT2D eigenvalue weighted by Crippen LogP contribution is 2.36. The van der Waals surface area contributed by atoms with Gasteiger partial charge in [0.15, 0.2) is 17.3 Å². The number of nitrogens with two attached hydrogens (primary N) is 1. The molecular formula is C21H23F6N5O2. The standard InChI is InChI=1S/C21H23F6N5O2/c1-10-18-17(19(34)30(2)3)29-20(21(25,26)27)32(18)5-4-31(10)16(33)8-12(28)6-11-7-14(23)15(24)9-13(11)22/h7,9-10,12H,4-6,8,28H2,1-3H3/t10?,12-/m1/s1. The number of halogens is 6. The van der Waals surface area contributed by atoms with Gasteiger partial charge in [0.2, 0.25) is 11.7 Å². The second-order valence-electron chi connectivity index (χ2n) is 8.31. The van der Waals surface area contributed by atoms with Gasteiger partial charge in [0.1, 0.15) is 5.82 Å². The number of aromatic nitrogens is 2. The number of fused-ring (bicyclic) bond motifs is 1. The van der Waals surface area contributed by atoms with Crippen LogP contribution in [0.2, 0.25) is 0 Å². The second kappa shape index (κ2) is 9.28. The van der Waals surface area contributed by atoms with Crippen molar-refractivity contribution in [3.63, 3.8) is 0 Å². The number of hydrogen-bond donors (Lipinski definition) is 1. The lowest BCUT2D eigenvalue weighted by Gasteiger charge is -2.36. The number of benzene rings is 1. The SMILES string of the molecule is CC1c2c(C(=O)N(C)C)nc(C(F)(F)F)n2CCN1C(=O)C[C@H](N)Cc1cc(F)c(F)cc1F. The lowest BCUT2D eigenvalue weighted by molar-refractivity contribution is -0.148. The van der Waals surface area contributed by atoms with Crippen LogP contribution in [0.4, 0.5) is 26.3 Å². The van der Waals surface area contributed by atoms with Gasteiger partial charge in [0.25, 0.3) is 5.91 Å². The Balaban J connectivity index is 1.83. The van der Waals surface area contributed by atoms with Crippen LogP contribution in [0, 0.1) is 17.5 Å². The molecule has 3 rings (SSSR count). The van der Waals surface area contributed by atoms with Crippen molar-refractivity contribution in [2.45, 2.75) is 44.6 Å². The normalized spacial score (nSPS) is 16.9. The fourth-order valence-corrected chi connectivity index (χ4v) is 4.01. The molecule has 1 unspecified atom stereocenters. The first-order valence-electron chi connectivity index (χ1n) is 10.3. The molecule has 1 aromatic carbocycles. The van der Waals surface area contributed by atoms with Crippen LogP contribution >= 0.6 is 0 Å². The molecule has 0 spiro atoms. The van der Waals surface area contributed by atoms with Gasteiger partial charge in [-0.2, -0.15) is 13.2 Å². The summed E-state index contributed by atoms with van der Waals surface area (Å²) in [5.41, 5.74) is 5.26. The van der Waals surface area contributed by atoms with Crippen molar-refractivity contribution in [2.24, 2.45) is 5.73 Å². The van der Waals surface area contributed by atoms with E-state index in [0.29, 0.717) is 12.1 Å². The zero-order valence-corrected chi connectivity index (χ0v) is 18.6. The Bertz CT molecular complexity index is 1110. The summed E-state index contributed by atoms with van der Waals surface area (Å²) in [5, 5.41) is 0. The molecule has 186 valence electrons. The van der Waals surface area contributed by atoms with E-state index in [-0.39, 0.29) is 37.2 Å². The van der Waals surface area contributed by atoms with E-state index in [9.17, 15) is 35.9 Å². The zero-order valence-electron chi connectivity index (χ0n) is 18.6. The van der Waals surface area contributed by atoms with Crippen molar-refractivity contribution >= 4 is 11.8 Å². The molecule has 1 aromatic heterocycles. The summed E-state index contributed by atoms with van der Waals surface area (Å²) in [6.45, 7) is 1.12. The van der Waals surface area contributed by atoms with Gasteiger partial charge in [-0.3, -0.25) is 9.59 Å². The molecular weight excluding hydrogens is 468 g/mol. The van der Waals surface area contributed by atoms with Crippen LogP contribution in [0.15, 0.2) is 12.1 Å². The third-order valence-electron chi connectivity index (χ3n) is 5.63. The maximum atomic E-state index is 13.9. The molecule has 0 fully saturated rings. The second-order valence-corrected chi connectivity index (χ2v) is 8.31. The van der Waals surface area contributed by atoms with E-state index in [1.807, 2.05) is 0 Å². The maximum Gasteiger partial charge on any atom is 0.449 e. The van der Waals surface area contributed by atoms with Crippen molar-refractivity contribution in [3.8, 4) is 0 Å². The quantitative estimate of drug-likeness (QED) is 0.515. The molecule has 0 saturated carbocycles. The first kappa shape index (κ1) is 25.5. The summed E-state index contributed by atoms with van der Waals surface area (Å²) in [7, 11) is 2.74. The van der Waals surface area contributed by atoms with Gasteiger partial charge in [0, 0.05) is 45.7 Å². The number of hydrogen-bond acceptors (Lipinski definition) is 4. The van der Waals surface area contributed by atoms with Gasteiger partial charge in [0.05, 0.1) is 11.7 Å². The molecule has 7 nitrogen and oxygen atoms in total. The summed E-state index contributed by atoms with van der Waals surface area (Å²) < 4.78 is 81.9. The molecule has 34 heavy (non-hydrogen) atoms. The number of rotatable bonds is 5. The van der Waals surface area contributed by atoms with Crippen molar-refractivity contribution in [1.82, 2.24) is 19.4 Å². The predicted molar refractivity (Wildman–Crippen MR) is 108 cm³/mol. The van der Waals surface area contributed by atoms with Crippen LogP contribution in [0.5, 0.6) is 0 Å². The number of amides is 2. The molecule has 1 aliphatic heterocycles. The van der Waals surface area contributed by atoms with Gasteiger partial charge in [-0.1, -0.05) is 0 Å². The number of carbonyl (C=O) groups is 2. The molecule has 13 heteroatoms. The first-order chi connectivity index (χ1) is 15.7. The van der Waals surface area contributed by atoms with Gasteiger partial charge in [-0.15, -0.1) is 0 Å². The minimum absolute atomic E-state index is 0.0501. The van der Waals surface area contributed by atoms with Crippen LogP contribution < -0.4 is 5.73 Å².